The number of nitrogens with zero attached hydrogens (tertiary/aromatic N) is 1. The van der Waals surface area contributed by atoms with Crippen molar-refractivity contribution in [2.45, 2.75) is 38.1 Å². The zero-order valence-electron chi connectivity index (χ0n) is 23.9. The standard InChI is InChI=1S/C30H34N4O8S/c1-3-4-16-34(20-22-8-7-9-24(19-22)28(31)33-29(36)41-18-17-40-21(2)35)30(37)42-25-14-12-23(13-15-25)26-10-5-6-11-27(26)43(32,38)39/h5-15,19H,3-4,16-18,20H2,1-2H3,(H2,31,33,36)(H2,32,38,39). The first kappa shape index (κ1) is 32.8. The van der Waals surface area contributed by atoms with E-state index in [4.69, 9.17) is 24.8 Å². The van der Waals surface area contributed by atoms with E-state index in [0.717, 1.165) is 12.8 Å². The third-order valence-corrected chi connectivity index (χ3v) is 7.01. The minimum absolute atomic E-state index is 0.00726. The summed E-state index contributed by atoms with van der Waals surface area (Å²) in [5.41, 5.74) is 2.12. The minimum atomic E-state index is -3.93. The maximum absolute atomic E-state index is 13.2. The normalized spacial score (nSPS) is 10.9. The van der Waals surface area contributed by atoms with Crippen LogP contribution in [-0.2, 0) is 30.8 Å². The largest absolute Gasteiger partial charge is 0.462 e. The van der Waals surface area contributed by atoms with Gasteiger partial charge in [0.1, 0.15) is 24.8 Å². The molecule has 43 heavy (non-hydrogen) atoms. The van der Waals surface area contributed by atoms with Crippen LogP contribution in [0.15, 0.2) is 77.7 Å². The van der Waals surface area contributed by atoms with Crippen LogP contribution in [0.4, 0.5) is 9.59 Å². The monoisotopic (exact) mass is 610 g/mol. The number of carbonyl (C=O) groups excluding carboxylic acids is 3. The third-order valence-electron chi connectivity index (χ3n) is 6.04. The number of hydrogen-bond acceptors (Lipinski definition) is 9. The summed E-state index contributed by atoms with van der Waals surface area (Å²) in [5.74, 6) is -0.422. The Kier molecular flexibility index (Phi) is 11.8. The quantitative estimate of drug-likeness (QED) is 0.117. The van der Waals surface area contributed by atoms with Gasteiger partial charge in [0.25, 0.3) is 0 Å². The highest BCUT2D eigenvalue weighted by Gasteiger charge is 2.18. The number of nitrogens with two attached hydrogens (primary N) is 1. The van der Waals surface area contributed by atoms with Crippen LogP contribution in [0, 0.1) is 5.41 Å². The molecule has 2 amide bonds. The molecule has 0 aromatic heterocycles. The molecule has 228 valence electrons. The molecule has 0 saturated carbocycles. The van der Waals surface area contributed by atoms with Gasteiger partial charge in [-0.3, -0.25) is 15.5 Å². The Morgan fingerprint density at radius 3 is 2.33 bits per heavy atom. The second-order valence-corrected chi connectivity index (χ2v) is 10.9. The van der Waals surface area contributed by atoms with Crippen molar-refractivity contribution in [3.05, 3.63) is 83.9 Å². The van der Waals surface area contributed by atoms with Crippen LogP contribution < -0.4 is 15.2 Å². The highest BCUT2D eigenvalue weighted by Crippen LogP contribution is 2.28. The molecule has 0 spiro atoms. The molecule has 0 radical (unpaired) electrons. The number of rotatable bonds is 12. The van der Waals surface area contributed by atoms with Crippen molar-refractivity contribution < 1.29 is 37.0 Å². The molecule has 3 rings (SSSR count). The Bertz CT molecular complexity index is 1560. The van der Waals surface area contributed by atoms with E-state index in [9.17, 15) is 22.8 Å². The van der Waals surface area contributed by atoms with Gasteiger partial charge in [0.15, 0.2) is 0 Å². The number of amidine groups is 1. The van der Waals surface area contributed by atoms with E-state index in [-0.39, 0.29) is 36.2 Å². The van der Waals surface area contributed by atoms with Gasteiger partial charge in [-0.15, -0.1) is 0 Å². The zero-order chi connectivity index (χ0) is 31.4. The molecule has 13 heteroatoms. The van der Waals surface area contributed by atoms with Crippen LogP contribution in [0.25, 0.3) is 11.1 Å². The summed E-state index contributed by atoms with van der Waals surface area (Å²) in [7, 11) is -3.93. The van der Waals surface area contributed by atoms with Gasteiger partial charge in [-0.1, -0.05) is 61.9 Å². The lowest BCUT2D eigenvalue weighted by Gasteiger charge is -2.22. The molecule has 0 aliphatic rings. The molecular weight excluding hydrogens is 576 g/mol. The molecule has 0 unspecified atom stereocenters. The number of amides is 2. The van der Waals surface area contributed by atoms with Crippen LogP contribution >= 0.6 is 0 Å². The molecular formula is C30H34N4O8S. The van der Waals surface area contributed by atoms with Crippen molar-refractivity contribution in [2.24, 2.45) is 5.14 Å². The zero-order valence-corrected chi connectivity index (χ0v) is 24.7. The van der Waals surface area contributed by atoms with Gasteiger partial charge < -0.3 is 19.1 Å². The number of sulfonamides is 1. The lowest BCUT2D eigenvalue weighted by molar-refractivity contribution is -0.141. The molecule has 0 heterocycles. The van der Waals surface area contributed by atoms with E-state index in [1.165, 1.54) is 17.9 Å². The van der Waals surface area contributed by atoms with Gasteiger partial charge >= 0.3 is 18.2 Å². The minimum Gasteiger partial charge on any atom is -0.462 e. The molecule has 0 fully saturated rings. The first-order chi connectivity index (χ1) is 20.5. The smallest absolute Gasteiger partial charge is 0.415 e. The van der Waals surface area contributed by atoms with E-state index in [1.807, 2.05) is 6.92 Å². The molecule has 0 saturated heterocycles. The van der Waals surface area contributed by atoms with E-state index in [0.29, 0.717) is 28.8 Å². The summed E-state index contributed by atoms with van der Waals surface area (Å²) in [6.07, 6.45) is 0.126. The van der Waals surface area contributed by atoms with Crippen molar-refractivity contribution in [2.75, 3.05) is 19.8 Å². The number of hydrogen-bond donors (Lipinski definition) is 3. The lowest BCUT2D eigenvalue weighted by atomic mass is 10.1. The van der Waals surface area contributed by atoms with Crippen LogP contribution in [0.3, 0.4) is 0 Å². The van der Waals surface area contributed by atoms with Crippen molar-refractivity contribution in [1.82, 2.24) is 10.2 Å². The van der Waals surface area contributed by atoms with E-state index in [2.05, 4.69) is 5.32 Å². The molecule has 0 aliphatic carbocycles. The SMILES string of the molecule is CCCCN(Cc1cccc(C(=N)NC(=O)OCCOC(C)=O)c1)C(=O)Oc1ccc(-c2ccccc2S(N)(=O)=O)cc1. The number of carbonyl (C=O) groups is 3. The number of nitrogens with one attached hydrogen (secondary N) is 2. The van der Waals surface area contributed by atoms with Gasteiger partial charge in [-0.2, -0.15) is 0 Å². The molecule has 4 N–H and O–H groups in total. The second kappa shape index (κ2) is 15.5. The Labute approximate surface area is 250 Å². The molecule has 0 bridgehead atoms. The van der Waals surface area contributed by atoms with E-state index >= 15 is 0 Å². The van der Waals surface area contributed by atoms with E-state index in [1.54, 1.807) is 66.7 Å². The van der Waals surface area contributed by atoms with Crippen LogP contribution in [-0.4, -0.2) is 57.1 Å². The van der Waals surface area contributed by atoms with Gasteiger partial charge in [0, 0.05) is 31.1 Å². The fraction of sp³-hybridized carbons (Fsp3) is 0.267. The first-order valence-electron chi connectivity index (χ1n) is 13.4. The molecule has 12 nitrogen and oxygen atoms in total. The number of esters is 1. The highest BCUT2D eigenvalue weighted by atomic mass is 32.2. The number of alkyl carbamates (subject to hydrolysis) is 1. The van der Waals surface area contributed by atoms with Crippen LogP contribution in [0.5, 0.6) is 5.75 Å². The summed E-state index contributed by atoms with van der Waals surface area (Å²) < 4.78 is 39.2. The van der Waals surface area contributed by atoms with Crippen molar-refractivity contribution in [3.63, 3.8) is 0 Å². The lowest BCUT2D eigenvalue weighted by Crippen LogP contribution is -2.34. The predicted octanol–water partition coefficient (Wildman–Crippen LogP) is 4.42. The third kappa shape index (κ3) is 10.2. The summed E-state index contributed by atoms with van der Waals surface area (Å²) in [6, 6.07) is 19.6. The number of benzene rings is 3. The predicted molar refractivity (Wildman–Crippen MR) is 159 cm³/mol. The summed E-state index contributed by atoms with van der Waals surface area (Å²) >= 11 is 0. The number of ether oxygens (including phenoxy) is 3. The molecule has 3 aromatic rings. The van der Waals surface area contributed by atoms with Gasteiger partial charge in [-0.25, -0.2) is 23.1 Å². The highest BCUT2D eigenvalue weighted by molar-refractivity contribution is 7.89. The fourth-order valence-corrected chi connectivity index (χ4v) is 4.74. The Morgan fingerprint density at radius 2 is 1.65 bits per heavy atom. The maximum atomic E-state index is 13.2. The maximum Gasteiger partial charge on any atom is 0.415 e. The Morgan fingerprint density at radius 1 is 0.953 bits per heavy atom. The number of primary sulfonamides is 1. The molecule has 0 atom stereocenters. The van der Waals surface area contributed by atoms with Gasteiger partial charge in [-0.05, 0) is 41.8 Å². The Balaban J connectivity index is 1.66. The van der Waals surface area contributed by atoms with Crippen LogP contribution in [0.1, 0.15) is 37.8 Å². The van der Waals surface area contributed by atoms with Crippen molar-refractivity contribution in [1.29, 1.82) is 5.41 Å². The molecule has 3 aromatic carbocycles. The summed E-state index contributed by atoms with van der Waals surface area (Å²) in [5, 5.41) is 15.9. The van der Waals surface area contributed by atoms with Gasteiger partial charge in [0.05, 0.1) is 4.90 Å². The topological polar surface area (TPSA) is 178 Å². The summed E-state index contributed by atoms with van der Waals surface area (Å²) in [6.45, 7) is 3.60. The fourth-order valence-electron chi connectivity index (χ4n) is 3.98. The average molecular weight is 611 g/mol. The second-order valence-electron chi connectivity index (χ2n) is 9.38. The number of unbranched alkanes of at least 4 members (excludes halogenated alkanes) is 1. The van der Waals surface area contributed by atoms with Gasteiger partial charge in [0.2, 0.25) is 10.0 Å². The first-order valence-corrected chi connectivity index (χ1v) is 15.0. The molecule has 0 aliphatic heterocycles. The average Bonchev–Trinajstić information content (AvgIpc) is 2.97. The summed E-state index contributed by atoms with van der Waals surface area (Å²) in [4.78, 5) is 37.4. The van der Waals surface area contributed by atoms with Crippen LogP contribution in [0.2, 0.25) is 0 Å². The Hall–Kier alpha value is -4.75. The van der Waals surface area contributed by atoms with E-state index < -0.39 is 28.2 Å². The van der Waals surface area contributed by atoms with Crippen molar-refractivity contribution in [3.8, 4) is 16.9 Å². The van der Waals surface area contributed by atoms with Crippen molar-refractivity contribution >= 4 is 34.0 Å².